The van der Waals surface area contributed by atoms with Gasteiger partial charge in [0, 0.05) is 48.9 Å². The first-order chi connectivity index (χ1) is 13.7. The number of benzene rings is 1. The molecule has 146 valence electrons. The van der Waals surface area contributed by atoms with Crippen molar-refractivity contribution in [3.8, 4) is 0 Å². The Morgan fingerprint density at radius 3 is 2.93 bits per heavy atom. The van der Waals surface area contributed by atoms with Gasteiger partial charge in [-0.1, -0.05) is 29.8 Å². The van der Waals surface area contributed by atoms with Crippen molar-refractivity contribution in [2.45, 2.75) is 17.6 Å². The molecule has 6 heteroatoms. The fourth-order valence-electron chi connectivity index (χ4n) is 5.02. The Kier molecular flexibility index (Phi) is 4.76. The molecule has 1 aromatic carbocycles. The summed E-state index contributed by atoms with van der Waals surface area (Å²) >= 11 is 8.09. The van der Waals surface area contributed by atoms with Crippen LogP contribution in [-0.4, -0.2) is 53.7 Å². The molecule has 4 aliphatic rings. The summed E-state index contributed by atoms with van der Waals surface area (Å²) in [7, 11) is 0. The van der Waals surface area contributed by atoms with Gasteiger partial charge < -0.3 is 9.80 Å². The summed E-state index contributed by atoms with van der Waals surface area (Å²) in [6, 6.07) is 7.97. The van der Waals surface area contributed by atoms with Crippen LogP contribution in [0.5, 0.6) is 0 Å². The SMILES string of the molecule is O=C(C1CSC23CC=CC=C2N=CCC13)N1CCN(c2cccc(Cl)c2)CC1. The molecule has 0 saturated carbocycles. The van der Waals surface area contributed by atoms with Crippen molar-refractivity contribution in [1.29, 1.82) is 0 Å². The van der Waals surface area contributed by atoms with Gasteiger partial charge in [0.25, 0.3) is 0 Å². The number of carbonyl (C=O) groups excluding carboxylic acids is 1. The maximum atomic E-state index is 13.4. The minimum absolute atomic E-state index is 0.0203. The minimum Gasteiger partial charge on any atom is -0.368 e. The highest BCUT2D eigenvalue weighted by Crippen LogP contribution is 2.57. The molecule has 3 atom stereocenters. The normalized spacial score (nSPS) is 31.4. The van der Waals surface area contributed by atoms with Crippen LogP contribution in [0.15, 0.2) is 53.2 Å². The van der Waals surface area contributed by atoms with Crippen molar-refractivity contribution in [2.75, 3.05) is 36.8 Å². The number of aliphatic imine (C=N–C) groups is 1. The van der Waals surface area contributed by atoms with E-state index >= 15 is 0 Å². The van der Waals surface area contributed by atoms with E-state index in [1.807, 2.05) is 36.2 Å². The summed E-state index contributed by atoms with van der Waals surface area (Å²) in [6.07, 6.45) is 10.4. The highest BCUT2D eigenvalue weighted by molar-refractivity contribution is 8.01. The smallest absolute Gasteiger partial charge is 0.226 e. The van der Waals surface area contributed by atoms with Gasteiger partial charge in [-0.2, -0.15) is 0 Å². The lowest BCUT2D eigenvalue weighted by molar-refractivity contribution is -0.136. The predicted molar refractivity (Wildman–Crippen MR) is 117 cm³/mol. The third-order valence-corrected chi connectivity index (χ3v) is 8.48. The summed E-state index contributed by atoms with van der Waals surface area (Å²) in [5.41, 5.74) is 2.31. The van der Waals surface area contributed by atoms with E-state index in [9.17, 15) is 4.79 Å². The number of halogens is 1. The maximum Gasteiger partial charge on any atom is 0.226 e. The number of rotatable bonds is 2. The minimum atomic E-state index is 0.0203. The maximum absolute atomic E-state index is 13.4. The first-order valence-corrected chi connectivity index (χ1v) is 11.4. The van der Waals surface area contributed by atoms with E-state index in [1.165, 1.54) is 0 Å². The van der Waals surface area contributed by atoms with Gasteiger partial charge in [-0.3, -0.25) is 9.79 Å². The molecule has 1 aliphatic carbocycles. The van der Waals surface area contributed by atoms with Crippen molar-refractivity contribution in [3.63, 3.8) is 0 Å². The van der Waals surface area contributed by atoms with Gasteiger partial charge in [-0.25, -0.2) is 0 Å². The van der Waals surface area contributed by atoms with Crippen LogP contribution in [0.4, 0.5) is 5.69 Å². The van der Waals surface area contributed by atoms with Gasteiger partial charge >= 0.3 is 0 Å². The number of anilines is 1. The lowest BCUT2D eigenvalue weighted by Crippen LogP contribution is -2.52. The number of amides is 1. The Balaban J connectivity index is 1.27. The third kappa shape index (κ3) is 3.00. The lowest BCUT2D eigenvalue weighted by atomic mass is 9.73. The van der Waals surface area contributed by atoms with Crippen molar-refractivity contribution in [3.05, 3.63) is 53.2 Å². The summed E-state index contributed by atoms with van der Waals surface area (Å²) in [5, 5.41) is 0.758. The molecule has 1 spiro atoms. The monoisotopic (exact) mass is 413 g/mol. The fourth-order valence-corrected chi connectivity index (χ4v) is 7.01. The molecule has 4 nitrogen and oxygen atoms in total. The molecule has 0 radical (unpaired) electrons. The lowest BCUT2D eigenvalue weighted by Gasteiger charge is -2.41. The molecule has 2 fully saturated rings. The summed E-state index contributed by atoms with van der Waals surface area (Å²) in [6.45, 7) is 3.28. The van der Waals surface area contributed by atoms with Gasteiger partial charge in [-0.15, -0.1) is 11.8 Å². The predicted octanol–water partition coefficient (Wildman–Crippen LogP) is 4.02. The number of nitrogens with zero attached hydrogens (tertiary/aromatic N) is 3. The molecule has 28 heavy (non-hydrogen) atoms. The molecule has 3 unspecified atom stereocenters. The van der Waals surface area contributed by atoms with Crippen LogP contribution < -0.4 is 4.90 Å². The topological polar surface area (TPSA) is 35.9 Å². The molecule has 0 bridgehead atoms. The Hall–Kier alpha value is -1.72. The molecular formula is C22H24ClN3OS. The Morgan fingerprint density at radius 2 is 2.11 bits per heavy atom. The van der Waals surface area contributed by atoms with Crippen LogP contribution in [0.3, 0.4) is 0 Å². The van der Waals surface area contributed by atoms with Crippen molar-refractivity contribution in [2.24, 2.45) is 16.8 Å². The average molecular weight is 414 g/mol. The number of carbonyl (C=O) groups is 1. The Labute approximate surface area is 175 Å². The largest absolute Gasteiger partial charge is 0.368 e. The van der Waals surface area contributed by atoms with Crippen LogP contribution in [0.1, 0.15) is 12.8 Å². The molecule has 5 rings (SSSR count). The highest BCUT2D eigenvalue weighted by atomic mass is 35.5. The zero-order valence-corrected chi connectivity index (χ0v) is 17.3. The second kappa shape index (κ2) is 7.27. The van der Waals surface area contributed by atoms with Crippen LogP contribution in [0, 0.1) is 11.8 Å². The molecule has 3 aliphatic heterocycles. The Morgan fingerprint density at radius 1 is 1.25 bits per heavy atom. The number of thioether (sulfide) groups is 1. The van der Waals surface area contributed by atoms with Gasteiger partial charge in [0.05, 0.1) is 16.4 Å². The molecule has 2 saturated heterocycles. The third-order valence-electron chi connectivity index (χ3n) is 6.52. The number of piperazine rings is 1. The summed E-state index contributed by atoms with van der Waals surface area (Å²) < 4.78 is 0.0203. The number of hydrogen-bond donors (Lipinski definition) is 0. The van der Waals surface area contributed by atoms with Gasteiger partial charge in [0.2, 0.25) is 5.91 Å². The first kappa shape index (κ1) is 18.3. The highest BCUT2D eigenvalue weighted by Gasteiger charge is 2.55. The number of hydrogen-bond acceptors (Lipinski definition) is 4. The van der Waals surface area contributed by atoms with Crippen LogP contribution in [-0.2, 0) is 4.79 Å². The fraction of sp³-hybridized carbons (Fsp3) is 0.455. The van der Waals surface area contributed by atoms with E-state index < -0.39 is 0 Å². The van der Waals surface area contributed by atoms with Crippen LogP contribution >= 0.6 is 23.4 Å². The van der Waals surface area contributed by atoms with E-state index in [4.69, 9.17) is 11.6 Å². The van der Waals surface area contributed by atoms with Gasteiger partial charge in [0.15, 0.2) is 0 Å². The zero-order valence-electron chi connectivity index (χ0n) is 15.8. The summed E-state index contributed by atoms with van der Waals surface area (Å²) in [4.78, 5) is 22.5. The molecule has 0 aromatic heterocycles. The van der Waals surface area contributed by atoms with Crippen LogP contribution in [0.25, 0.3) is 0 Å². The van der Waals surface area contributed by atoms with E-state index in [2.05, 4.69) is 39.1 Å². The second-order valence-electron chi connectivity index (χ2n) is 7.94. The second-order valence-corrected chi connectivity index (χ2v) is 9.72. The number of allylic oxidation sites excluding steroid dienone is 3. The van der Waals surface area contributed by atoms with E-state index in [1.54, 1.807) is 0 Å². The Bertz CT molecular complexity index is 874. The van der Waals surface area contributed by atoms with E-state index in [0.29, 0.717) is 11.8 Å². The molecule has 0 N–H and O–H groups in total. The molecular weight excluding hydrogens is 390 g/mol. The zero-order chi connectivity index (χ0) is 19.1. The molecule has 1 amide bonds. The first-order valence-electron chi connectivity index (χ1n) is 10.0. The van der Waals surface area contributed by atoms with Crippen LogP contribution in [0.2, 0.25) is 5.02 Å². The molecule has 1 aromatic rings. The van der Waals surface area contributed by atoms with Crippen molar-refractivity contribution >= 4 is 41.2 Å². The van der Waals surface area contributed by atoms with Gasteiger partial charge in [-0.05, 0) is 43.0 Å². The molecule has 3 heterocycles. The quantitative estimate of drug-likeness (QED) is 0.734. The standard InChI is InChI=1S/C22H24ClN3OS/c23-16-4-3-5-17(14-16)25-10-12-26(13-11-25)21(27)18-15-28-22-8-2-1-6-20(22)24-9-7-19(18)22/h1-6,9,14,18-19H,7-8,10-13,15H2. The van der Waals surface area contributed by atoms with Gasteiger partial charge in [0.1, 0.15) is 0 Å². The average Bonchev–Trinajstić information content (AvgIpc) is 3.11. The van der Waals surface area contributed by atoms with E-state index in [0.717, 1.165) is 61.2 Å². The summed E-state index contributed by atoms with van der Waals surface area (Å²) in [5.74, 6) is 1.71. The van der Waals surface area contributed by atoms with Crippen molar-refractivity contribution < 1.29 is 4.79 Å². The van der Waals surface area contributed by atoms with Crippen molar-refractivity contribution in [1.82, 2.24) is 4.90 Å². The van der Waals surface area contributed by atoms with E-state index in [-0.39, 0.29) is 10.7 Å².